The largest absolute Gasteiger partial charge is 0.481 e. The third-order valence-electron chi connectivity index (χ3n) is 3.84. The maximum Gasteiger partial charge on any atom is 0.212 e. The standard InChI is InChI=1S/C18H15ClN4OS2/c1-10-6-13(19)17-21-11(2)16(23(17)8-10)14-9-25-18(22-14)26-12-4-5-15(24-3)20-7-12/h4-9H,1-3H3. The predicted octanol–water partition coefficient (Wildman–Crippen LogP) is 5.28. The number of thiazole rings is 1. The van der Waals surface area contributed by atoms with Gasteiger partial charge in [-0.1, -0.05) is 23.4 Å². The molecule has 0 N–H and O–H groups in total. The van der Waals surface area contributed by atoms with E-state index in [0.29, 0.717) is 10.9 Å². The summed E-state index contributed by atoms with van der Waals surface area (Å²) >= 11 is 9.52. The summed E-state index contributed by atoms with van der Waals surface area (Å²) in [6.45, 7) is 4.00. The molecule has 0 unspecified atom stereocenters. The van der Waals surface area contributed by atoms with Crippen LogP contribution < -0.4 is 4.74 Å². The third kappa shape index (κ3) is 3.18. The molecule has 0 fully saturated rings. The molecule has 0 amide bonds. The summed E-state index contributed by atoms with van der Waals surface area (Å²) in [5.41, 5.74) is 4.61. The molecule has 0 aliphatic rings. The van der Waals surface area contributed by atoms with Crippen LogP contribution in [0.25, 0.3) is 17.0 Å². The van der Waals surface area contributed by atoms with Crippen LogP contribution in [0.5, 0.6) is 5.88 Å². The van der Waals surface area contributed by atoms with Crippen molar-refractivity contribution in [1.82, 2.24) is 19.4 Å². The molecule has 132 valence electrons. The first-order valence-corrected chi connectivity index (χ1v) is 9.91. The van der Waals surface area contributed by atoms with E-state index in [-0.39, 0.29) is 0 Å². The lowest BCUT2D eigenvalue weighted by molar-refractivity contribution is 0.397. The van der Waals surface area contributed by atoms with Crippen molar-refractivity contribution < 1.29 is 4.74 Å². The van der Waals surface area contributed by atoms with Crippen molar-refractivity contribution in [3.8, 4) is 17.3 Å². The highest BCUT2D eigenvalue weighted by Gasteiger charge is 2.16. The average molecular weight is 403 g/mol. The van der Waals surface area contributed by atoms with E-state index in [2.05, 4.69) is 9.97 Å². The molecule has 0 radical (unpaired) electrons. The third-order valence-corrected chi connectivity index (χ3v) is 6.03. The maximum atomic E-state index is 6.35. The van der Waals surface area contributed by atoms with Gasteiger partial charge in [0.05, 0.1) is 23.5 Å². The zero-order chi connectivity index (χ0) is 18.3. The van der Waals surface area contributed by atoms with Crippen molar-refractivity contribution in [2.24, 2.45) is 0 Å². The van der Waals surface area contributed by atoms with Crippen LogP contribution in [0.4, 0.5) is 0 Å². The van der Waals surface area contributed by atoms with Crippen LogP contribution in [0.1, 0.15) is 11.3 Å². The first-order valence-electron chi connectivity index (χ1n) is 7.84. The van der Waals surface area contributed by atoms with Gasteiger partial charge in [0.15, 0.2) is 9.99 Å². The van der Waals surface area contributed by atoms with E-state index in [1.165, 1.54) is 0 Å². The number of aromatic nitrogens is 4. The molecule has 0 bridgehead atoms. The number of imidazole rings is 1. The van der Waals surface area contributed by atoms with E-state index in [4.69, 9.17) is 21.3 Å². The molecule has 0 aliphatic heterocycles. The van der Waals surface area contributed by atoms with Crippen LogP contribution in [0.15, 0.2) is 45.2 Å². The summed E-state index contributed by atoms with van der Waals surface area (Å²) < 4.78 is 8.06. The first-order chi connectivity index (χ1) is 12.5. The lowest BCUT2D eigenvalue weighted by atomic mass is 10.2. The molecule has 0 aromatic carbocycles. The second-order valence-electron chi connectivity index (χ2n) is 5.74. The van der Waals surface area contributed by atoms with E-state index in [9.17, 15) is 0 Å². The molecule has 0 spiro atoms. The topological polar surface area (TPSA) is 52.3 Å². The summed E-state index contributed by atoms with van der Waals surface area (Å²) in [6, 6.07) is 5.74. The quantitative estimate of drug-likeness (QED) is 0.464. The van der Waals surface area contributed by atoms with Crippen molar-refractivity contribution >= 4 is 40.3 Å². The fourth-order valence-electron chi connectivity index (χ4n) is 2.72. The lowest BCUT2D eigenvalue weighted by Gasteiger charge is -2.03. The number of rotatable bonds is 4. The van der Waals surface area contributed by atoms with E-state index in [1.807, 2.05) is 48.0 Å². The minimum atomic E-state index is 0.600. The number of halogens is 1. The monoisotopic (exact) mass is 402 g/mol. The maximum absolute atomic E-state index is 6.35. The summed E-state index contributed by atoms with van der Waals surface area (Å²) in [5, 5.41) is 2.69. The number of ether oxygens (including phenoxy) is 1. The molecule has 4 rings (SSSR count). The van der Waals surface area contributed by atoms with Crippen molar-refractivity contribution in [2.45, 2.75) is 23.1 Å². The molecule has 0 saturated heterocycles. The number of nitrogens with zero attached hydrogens (tertiary/aromatic N) is 4. The first kappa shape index (κ1) is 17.3. The SMILES string of the molecule is COc1ccc(Sc2nc(-c3c(C)nc4c(Cl)cc(C)cn34)cs2)cn1. The van der Waals surface area contributed by atoms with E-state index in [0.717, 1.165) is 37.5 Å². The predicted molar refractivity (Wildman–Crippen MR) is 106 cm³/mol. The van der Waals surface area contributed by atoms with Crippen LogP contribution in [0, 0.1) is 13.8 Å². The molecule has 0 aliphatic carbocycles. The Hall–Kier alpha value is -2.09. The fraction of sp³-hybridized carbons (Fsp3) is 0.167. The molecule has 26 heavy (non-hydrogen) atoms. The van der Waals surface area contributed by atoms with Gasteiger partial charge in [-0.3, -0.25) is 4.40 Å². The number of fused-ring (bicyclic) bond motifs is 1. The summed E-state index contributed by atoms with van der Waals surface area (Å²) in [7, 11) is 1.61. The van der Waals surface area contributed by atoms with Gasteiger partial charge in [0.25, 0.3) is 0 Å². The highest BCUT2D eigenvalue weighted by molar-refractivity contribution is 8.01. The smallest absolute Gasteiger partial charge is 0.212 e. The highest BCUT2D eigenvalue weighted by Crippen LogP contribution is 2.35. The molecule has 0 atom stereocenters. The number of aryl methyl sites for hydroxylation is 2. The molecule has 4 heterocycles. The van der Waals surface area contributed by atoms with Gasteiger partial charge in [0.2, 0.25) is 5.88 Å². The molecule has 4 aromatic heterocycles. The minimum absolute atomic E-state index is 0.600. The summed E-state index contributed by atoms with van der Waals surface area (Å²) in [6.07, 6.45) is 3.82. The van der Waals surface area contributed by atoms with Gasteiger partial charge in [-0.2, -0.15) is 0 Å². The Labute approximate surface area is 164 Å². The van der Waals surface area contributed by atoms with Crippen LogP contribution in [0.3, 0.4) is 0 Å². The Balaban J connectivity index is 1.69. The van der Waals surface area contributed by atoms with Crippen LogP contribution in [-0.2, 0) is 0 Å². The molecular weight excluding hydrogens is 388 g/mol. The number of methoxy groups -OCH3 is 1. The Morgan fingerprint density at radius 3 is 2.81 bits per heavy atom. The Morgan fingerprint density at radius 1 is 1.23 bits per heavy atom. The molecule has 4 aromatic rings. The lowest BCUT2D eigenvalue weighted by Crippen LogP contribution is -1.91. The minimum Gasteiger partial charge on any atom is -0.481 e. The molecule has 5 nitrogen and oxygen atoms in total. The number of pyridine rings is 2. The van der Waals surface area contributed by atoms with Gasteiger partial charge in [-0.05, 0) is 31.5 Å². The van der Waals surface area contributed by atoms with E-state index >= 15 is 0 Å². The van der Waals surface area contributed by atoms with Crippen LogP contribution in [0.2, 0.25) is 5.02 Å². The van der Waals surface area contributed by atoms with Crippen LogP contribution in [-0.4, -0.2) is 26.5 Å². The Bertz CT molecular complexity index is 1090. The van der Waals surface area contributed by atoms with E-state index < -0.39 is 0 Å². The van der Waals surface area contributed by atoms with Gasteiger partial charge in [-0.25, -0.2) is 15.0 Å². The van der Waals surface area contributed by atoms with Gasteiger partial charge in [0, 0.05) is 28.7 Å². The van der Waals surface area contributed by atoms with Gasteiger partial charge < -0.3 is 4.74 Å². The van der Waals surface area contributed by atoms with Crippen molar-refractivity contribution in [2.75, 3.05) is 7.11 Å². The summed E-state index contributed by atoms with van der Waals surface area (Å²) in [4.78, 5) is 14.6. The van der Waals surface area contributed by atoms with Gasteiger partial charge >= 0.3 is 0 Å². The number of hydrogen-bond donors (Lipinski definition) is 0. The van der Waals surface area contributed by atoms with Crippen molar-refractivity contribution in [3.05, 3.63) is 52.3 Å². The van der Waals surface area contributed by atoms with Crippen LogP contribution >= 0.6 is 34.7 Å². The Morgan fingerprint density at radius 2 is 2.08 bits per heavy atom. The van der Waals surface area contributed by atoms with Gasteiger partial charge in [-0.15, -0.1) is 11.3 Å². The van der Waals surface area contributed by atoms with Crippen molar-refractivity contribution in [3.63, 3.8) is 0 Å². The average Bonchev–Trinajstić information content (AvgIpc) is 3.19. The van der Waals surface area contributed by atoms with Crippen molar-refractivity contribution in [1.29, 1.82) is 0 Å². The van der Waals surface area contributed by atoms with E-state index in [1.54, 1.807) is 36.4 Å². The van der Waals surface area contributed by atoms with Gasteiger partial charge in [0.1, 0.15) is 5.69 Å². The zero-order valence-corrected chi connectivity index (χ0v) is 16.7. The summed E-state index contributed by atoms with van der Waals surface area (Å²) in [5.74, 6) is 0.600. The molecule has 8 heteroatoms. The number of hydrogen-bond acceptors (Lipinski definition) is 6. The second kappa shape index (κ2) is 6.90. The molecule has 0 saturated carbocycles. The fourth-order valence-corrected chi connectivity index (χ4v) is 4.76. The second-order valence-corrected chi connectivity index (χ2v) is 8.33. The Kier molecular flexibility index (Phi) is 4.60. The normalized spacial score (nSPS) is 11.2. The highest BCUT2D eigenvalue weighted by atomic mass is 35.5. The molecular formula is C18H15ClN4OS2. The zero-order valence-electron chi connectivity index (χ0n) is 14.4.